The summed E-state index contributed by atoms with van der Waals surface area (Å²) < 4.78 is 0. The van der Waals surface area contributed by atoms with Gasteiger partial charge in [0.25, 0.3) is 0 Å². The molecule has 5 nitrogen and oxygen atoms in total. The molecule has 0 bridgehead atoms. The van der Waals surface area contributed by atoms with Crippen molar-refractivity contribution in [3.8, 4) is 0 Å². The lowest BCUT2D eigenvalue weighted by Crippen LogP contribution is -2.19. The Kier molecular flexibility index (Phi) is 5.63. The van der Waals surface area contributed by atoms with Crippen LogP contribution in [0, 0.1) is 0 Å². The summed E-state index contributed by atoms with van der Waals surface area (Å²) in [4.78, 5) is 12.1. The predicted octanol–water partition coefficient (Wildman–Crippen LogP) is 5.38. The van der Waals surface area contributed by atoms with Gasteiger partial charge in [-0.3, -0.25) is 5.32 Å². The lowest BCUT2D eigenvalue weighted by atomic mass is 9.97. The van der Waals surface area contributed by atoms with E-state index in [9.17, 15) is 4.79 Å². The summed E-state index contributed by atoms with van der Waals surface area (Å²) in [6, 6.07) is 16.7. The summed E-state index contributed by atoms with van der Waals surface area (Å²) >= 11 is 7.22. The van der Waals surface area contributed by atoms with Gasteiger partial charge >= 0.3 is 6.03 Å². The van der Waals surface area contributed by atoms with E-state index in [0.717, 1.165) is 11.4 Å². The van der Waals surface area contributed by atoms with Crippen LogP contribution >= 0.6 is 22.9 Å². The van der Waals surface area contributed by atoms with Crippen molar-refractivity contribution in [1.29, 1.82) is 0 Å². The maximum atomic E-state index is 12.1. The van der Waals surface area contributed by atoms with E-state index in [0.29, 0.717) is 15.8 Å². The van der Waals surface area contributed by atoms with E-state index in [1.807, 2.05) is 18.2 Å². The van der Waals surface area contributed by atoms with E-state index < -0.39 is 0 Å². The maximum Gasteiger partial charge on any atom is 0.325 e. The number of aromatic nitrogens is 2. The average molecular weight is 373 g/mol. The molecule has 0 fully saturated rings. The third-order valence-electron chi connectivity index (χ3n) is 3.67. The van der Waals surface area contributed by atoms with Crippen molar-refractivity contribution in [1.82, 2.24) is 10.2 Å². The molecular formula is C18H17ClN4OS. The number of nitrogens with one attached hydrogen (secondary N) is 2. The van der Waals surface area contributed by atoms with Crippen molar-refractivity contribution < 1.29 is 4.79 Å². The highest BCUT2D eigenvalue weighted by molar-refractivity contribution is 7.15. The fourth-order valence-corrected chi connectivity index (χ4v) is 3.53. The zero-order valence-electron chi connectivity index (χ0n) is 13.6. The standard InChI is InChI=1S/C18H17ClN4OS/c1-2-15(12-6-4-3-5-7-12)16-22-23-18(25-16)21-17(24)20-14-10-8-13(19)9-11-14/h3-11,15H,2H2,1H3,(H2,20,21,23,24)/t15-/m1/s1. The fourth-order valence-electron chi connectivity index (χ4n) is 2.46. The number of rotatable bonds is 5. The highest BCUT2D eigenvalue weighted by atomic mass is 35.5. The lowest BCUT2D eigenvalue weighted by molar-refractivity contribution is 0.262. The number of anilines is 2. The van der Waals surface area contributed by atoms with Gasteiger partial charge in [0.1, 0.15) is 5.01 Å². The first-order valence-corrected chi connectivity index (χ1v) is 9.07. The van der Waals surface area contributed by atoms with Crippen molar-refractivity contribution in [3.05, 3.63) is 70.2 Å². The third-order valence-corrected chi connectivity index (χ3v) is 4.88. The van der Waals surface area contributed by atoms with E-state index in [-0.39, 0.29) is 11.9 Å². The molecule has 3 rings (SSSR count). The highest BCUT2D eigenvalue weighted by Crippen LogP contribution is 2.31. The Bertz CT molecular complexity index is 836. The smallest absolute Gasteiger partial charge is 0.308 e. The Balaban J connectivity index is 1.66. The zero-order chi connectivity index (χ0) is 17.6. The van der Waals surface area contributed by atoms with E-state index in [2.05, 4.69) is 39.9 Å². The number of carbonyl (C=O) groups is 1. The van der Waals surface area contributed by atoms with Crippen molar-refractivity contribution in [2.45, 2.75) is 19.3 Å². The molecule has 1 heterocycles. The maximum absolute atomic E-state index is 12.1. The molecule has 0 aliphatic heterocycles. The Labute approximate surface area is 155 Å². The third kappa shape index (κ3) is 4.55. The van der Waals surface area contributed by atoms with Gasteiger partial charge in [0, 0.05) is 16.6 Å². The van der Waals surface area contributed by atoms with Gasteiger partial charge < -0.3 is 5.32 Å². The molecule has 0 aliphatic rings. The summed E-state index contributed by atoms with van der Waals surface area (Å²) in [5.41, 5.74) is 1.85. The van der Waals surface area contributed by atoms with E-state index in [1.54, 1.807) is 24.3 Å². The summed E-state index contributed by atoms with van der Waals surface area (Å²) in [6.45, 7) is 2.11. The number of nitrogens with zero attached hydrogens (tertiary/aromatic N) is 2. The van der Waals surface area contributed by atoms with Crippen LogP contribution in [-0.4, -0.2) is 16.2 Å². The number of carbonyl (C=O) groups excluding carboxylic acids is 1. The van der Waals surface area contributed by atoms with Crippen LogP contribution in [0.3, 0.4) is 0 Å². The minimum absolute atomic E-state index is 0.175. The van der Waals surface area contributed by atoms with Crippen molar-refractivity contribution in [2.24, 2.45) is 0 Å². The second kappa shape index (κ2) is 8.09. The number of benzene rings is 2. The molecule has 3 aromatic rings. The van der Waals surface area contributed by atoms with E-state index in [1.165, 1.54) is 16.9 Å². The minimum atomic E-state index is -0.363. The van der Waals surface area contributed by atoms with Crippen molar-refractivity contribution in [2.75, 3.05) is 10.6 Å². The molecule has 2 aromatic carbocycles. The summed E-state index contributed by atoms with van der Waals surface area (Å²) in [6.07, 6.45) is 0.912. The highest BCUT2D eigenvalue weighted by Gasteiger charge is 2.18. The Morgan fingerprint density at radius 3 is 2.48 bits per heavy atom. The molecule has 25 heavy (non-hydrogen) atoms. The molecule has 1 atom stereocenters. The monoisotopic (exact) mass is 372 g/mol. The minimum Gasteiger partial charge on any atom is -0.308 e. The van der Waals surface area contributed by atoms with Crippen LogP contribution in [0.15, 0.2) is 54.6 Å². The fraction of sp³-hybridized carbons (Fsp3) is 0.167. The summed E-state index contributed by atoms with van der Waals surface area (Å²) in [5.74, 6) is 0.175. The largest absolute Gasteiger partial charge is 0.325 e. The second-order valence-electron chi connectivity index (χ2n) is 5.40. The van der Waals surface area contributed by atoms with Crippen LogP contribution in [0.2, 0.25) is 5.02 Å². The summed E-state index contributed by atoms with van der Waals surface area (Å²) in [7, 11) is 0. The second-order valence-corrected chi connectivity index (χ2v) is 6.85. The van der Waals surface area contributed by atoms with E-state index >= 15 is 0 Å². The van der Waals surface area contributed by atoms with Gasteiger partial charge in [-0.05, 0) is 36.2 Å². The van der Waals surface area contributed by atoms with Crippen LogP contribution in [0.4, 0.5) is 15.6 Å². The number of amides is 2. The molecule has 0 spiro atoms. The topological polar surface area (TPSA) is 66.9 Å². The Morgan fingerprint density at radius 2 is 1.80 bits per heavy atom. The SMILES string of the molecule is CC[C@H](c1ccccc1)c1nnc(NC(=O)Nc2ccc(Cl)cc2)s1. The van der Waals surface area contributed by atoms with Gasteiger partial charge in [-0.2, -0.15) is 0 Å². The van der Waals surface area contributed by atoms with Crippen LogP contribution < -0.4 is 10.6 Å². The number of hydrogen-bond acceptors (Lipinski definition) is 4. The van der Waals surface area contributed by atoms with Crippen molar-refractivity contribution in [3.63, 3.8) is 0 Å². The van der Waals surface area contributed by atoms with Crippen LogP contribution in [-0.2, 0) is 0 Å². The number of urea groups is 1. The first-order chi connectivity index (χ1) is 12.2. The Hall–Kier alpha value is -2.44. The van der Waals surface area contributed by atoms with Crippen LogP contribution in [0.5, 0.6) is 0 Å². The molecule has 0 radical (unpaired) electrons. The van der Waals surface area contributed by atoms with Crippen molar-refractivity contribution >= 4 is 39.8 Å². The normalized spacial score (nSPS) is 11.8. The molecule has 0 unspecified atom stereocenters. The molecule has 2 amide bonds. The first kappa shape index (κ1) is 17.4. The number of halogens is 1. The van der Waals surface area contributed by atoms with Gasteiger partial charge in [-0.1, -0.05) is 60.2 Å². The van der Waals surface area contributed by atoms with Gasteiger partial charge in [0.15, 0.2) is 0 Å². The molecule has 7 heteroatoms. The molecule has 0 saturated carbocycles. The number of hydrogen-bond donors (Lipinski definition) is 2. The van der Waals surface area contributed by atoms with Gasteiger partial charge in [0.05, 0.1) is 0 Å². The molecule has 0 saturated heterocycles. The van der Waals surface area contributed by atoms with E-state index in [4.69, 9.17) is 11.6 Å². The van der Waals surface area contributed by atoms with Gasteiger partial charge in [0.2, 0.25) is 5.13 Å². The Morgan fingerprint density at radius 1 is 1.08 bits per heavy atom. The quantitative estimate of drug-likeness (QED) is 0.632. The summed E-state index contributed by atoms with van der Waals surface area (Å²) in [5, 5.41) is 15.7. The molecule has 128 valence electrons. The predicted molar refractivity (Wildman–Crippen MR) is 103 cm³/mol. The molecular weight excluding hydrogens is 356 g/mol. The molecule has 1 aromatic heterocycles. The zero-order valence-corrected chi connectivity index (χ0v) is 15.1. The average Bonchev–Trinajstić information content (AvgIpc) is 3.06. The van der Waals surface area contributed by atoms with Crippen LogP contribution in [0.25, 0.3) is 0 Å². The molecule has 2 N–H and O–H groups in total. The first-order valence-electron chi connectivity index (χ1n) is 7.87. The molecule has 0 aliphatic carbocycles. The van der Waals surface area contributed by atoms with Gasteiger partial charge in [-0.25, -0.2) is 4.79 Å². The lowest BCUT2D eigenvalue weighted by Gasteiger charge is -2.11. The van der Waals surface area contributed by atoms with Crippen LogP contribution in [0.1, 0.15) is 29.8 Å². The van der Waals surface area contributed by atoms with Gasteiger partial charge in [-0.15, -0.1) is 10.2 Å².